The van der Waals surface area contributed by atoms with E-state index in [9.17, 15) is 64.8 Å². The van der Waals surface area contributed by atoms with E-state index in [0.717, 1.165) is 4.90 Å². The molecule has 1 aromatic rings. The van der Waals surface area contributed by atoms with Gasteiger partial charge in [-0.05, 0) is 18.3 Å². The first-order valence-electron chi connectivity index (χ1n) is 29.5. The van der Waals surface area contributed by atoms with Crippen LogP contribution in [0.3, 0.4) is 0 Å². The molecule has 0 spiro atoms. The van der Waals surface area contributed by atoms with Crippen LogP contribution in [-0.2, 0) is 125 Å². The van der Waals surface area contributed by atoms with Crippen LogP contribution in [0, 0.1) is 38.7 Å². The number of carboxylic acids is 1. The first kappa shape index (κ1) is 115. The van der Waals surface area contributed by atoms with E-state index in [-0.39, 0.29) is 305 Å². The van der Waals surface area contributed by atoms with Crippen molar-refractivity contribution in [3.05, 3.63) is 75.5 Å². The van der Waals surface area contributed by atoms with Crippen molar-refractivity contribution < 1.29 is 381 Å². The molecule has 107 heavy (non-hydrogen) atoms. The zero-order chi connectivity index (χ0) is 75.1. The van der Waals surface area contributed by atoms with Crippen LogP contribution in [0.5, 0.6) is 0 Å². The summed E-state index contributed by atoms with van der Waals surface area (Å²) < 4.78 is 166. The van der Waals surface area contributed by atoms with E-state index in [1.807, 2.05) is 0 Å². The van der Waals surface area contributed by atoms with Gasteiger partial charge >= 0.3 is 207 Å². The number of likely N-dealkylation sites (tertiary alicyclic amines) is 1. The molecule has 6 aliphatic rings. The number of rotatable bonds is 32. The van der Waals surface area contributed by atoms with Crippen molar-refractivity contribution in [3.63, 3.8) is 0 Å². The first-order chi connectivity index (χ1) is 46.6. The number of aliphatic carboxylic acids is 1. The van der Waals surface area contributed by atoms with E-state index in [0.29, 0.717) is 5.69 Å². The Kier molecular flexibility index (Phi) is 60.8. The minimum Gasteiger partial charge on any atom is -0.726 e. The summed E-state index contributed by atoms with van der Waals surface area (Å²) in [7, 11) is -14.7. The zero-order valence-electron chi connectivity index (χ0n) is 59.5. The molecule has 22 atom stereocenters. The molecule has 6 aliphatic heterocycles. The van der Waals surface area contributed by atoms with Crippen LogP contribution >= 0.6 is 0 Å². The maximum absolute atomic E-state index is 13.7. The number of amides is 4. The fraction of sp³-hybridized carbons (Fsp3) is 0.712. The Morgan fingerprint density at radius 1 is 0.636 bits per heavy atom. The molecular formula is C52H78N8Na7O37S3-3. The van der Waals surface area contributed by atoms with Gasteiger partial charge in [0, 0.05) is 25.9 Å². The predicted molar refractivity (Wildman–Crippen MR) is 315 cm³/mol. The second-order valence-corrected chi connectivity index (χ2v) is 24.3. The summed E-state index contributed by atoms with van der Waals surface area (Å²) in [4.78, 5) is 67.6. The van der Waals surface area contributed by atoms with Crippen molar-refractivity contribution in [1.82, 2.24) is 30.1 Å². The summed E-state index contributed by atoms with van der Waals surface area (Å²) in [6.07, 6.45) is -19.9. The van der Waals surface area contributed by atoms with Gasteiger partial charge in [-0.15, -0.1) is 18.3 Å². The van der Waals surface area contributed by atoms with E-state index in [2.05, 4.69) is 42.6 Å². The van der Waals surface area contributed by atoms with Crippen molar-refractivity contribution in [2.24, 2.45) is 11.8 Å². The van der Waals surface area contributed by atoms with Crippen LogP contribution in [0.4, 0.5) is 0 Å². The molecule has 1 aromatic heterocycles. The molecule has 0 aliphatic carbocycles. The van der Waals surface area contributed by atoms with E-state index in [4.69, 9.17) is 121 Å². The molecule has 0 saturated carbocycles. The van der Waals surface area contributed by atoms with E-state index in [1.165, 1.54) is 34.8 Å². The Labute approximate surface area is 770 Å². The van der Waals surface area contributed by atoms with Crippen molar-refractivity contribution >= 4 is 60.8 Å². The monoisotopic (exact) mass is 1660 g/mol. The van der Waals surface area contributed by atoms with Gasteiger partial charge in [-0.2, -0.15) is 6.10 Å². The number of aliphatic hydroxyl groups is 7. The summed E-state index contributed by atoms with van der Waals surface area (Å²) >= 11 is 0. The average Bonchev–Trinajstić information content (AvgIpc) is 1.59. The van der Waals surface area contributed by atoms with Gasteiger partial charge < -0.3 is 152 Å². The molecule has 13 N–H and O–H groups in total. The van der Waals surface area contributed by atoms with Crippen molar-refractivity contribution in [2.45, 2.75) is 149 Å². The quantitative estimate of drug-likeness (QED) is 0.00607. The number of carbonyl (C=O) groups is 5. The second kappa shape index (κ2) is 56.4. The van der Waals surface area contributed by atoms with Gasteiger partial charge in [-0.25, -0.2) is 36.5 Å². The fourth-order valence-corrected chi connectivity index (χ4v) is 9.92. The van der Waals surface area contributed by atoms with Gasteiger partial charge in [0.25, 0.3) is 0 Å². The van der Waals surface area contributed by atoms with Crippen LogP contribution < -0.4 is 217 Å². The molecule has 7 rings (SSSR count). The molecule has 55 heteroatoms. The number of nitrogens with one attached hydrogen (secondary N) is 3. The maximum atomic E-state index is 13.7. The maximum Gasteiger partial charge on any atom is 1.00 e. The van der Waals surface area contributed by atoms with Crippen LogP contribution in [0.25, 0.3) is 11.5 Å². The van der Waals surface area contributed by atoms with Crippen LogP contribution in [0.1, 0.15) is 18.5 Å². The topological polar surface area (TPSA) is 690 Å². The number of carbonyl (C=O) groups excluding carboxylic acids is 5. The smallest absolute Gasteiger partial charge is 0.726 e. The number of aliphatic hydroxyl groups excluding tert-OH is 7. The predicted octanol–water partition coefficient (Wildman–Crippen LogP) is -30.2. The first-order valence-corrected chi connectivity index (χ1v) is 33.6. The van der Waals surface area contributed by atoms with E-state index < -0.39 is 195 Å². The number of fused-ring (bicyclic) bond motifs is 1. The largest absolute Gasteiger partial charge is 1.00 e. The molecule has 6 saturated heterocycles. The number of nitrogens with zero attached hydrogens (tertiary/aromatic N) is 5. The Hall–Kier alpha value is 1.94. The van der Waals surface area contributed by atoms with Gasteiger partial charge in [0.15, 0.2) is 6.29 Å². The minimum atomic E-state index is -4.92. The molecule has 0 radical (unpaired) electrons. The van der Waals surface area contributed by atoms with Crippen LogP contribution in [0.15, 0.2) is 31.5 Å². The van der Waals surface area contributed by atoms with Gasteiger partial charge in [-0.3, -0.25) is 44.2 Å². The third-order valence-corrected chi connectivity index (χ3v) is 14.6. The van der Waals surface area contributed by atoms with Crippen molar-refractivity contribution in [1.29, 1.82) is 0 Å². The normalized spacial score (nSPS) is 30.8. The van der Waals surface area contributed by atoms with Gasteiger partial charge in [0.05, 0.1) is 133 Å². The third kappa shape index (κ3) is 41.0. The summed E-state index contributed by atoms with van der Waals surface area (Å²) in [6, 6.07) is -2.98. The Morgan fingerprint density at radius 3 is 1.59 bits per heavy atom. The Morgan fingerprint density at radius 2 is 1.10 bits per heavy atom. The standard InChI is InChI=1S/C52H76N8O25.7Na.3H2O4S/c1-5-30-34-35(31(6-2)83-30)47(71)60(46(34)70)12-16-75-14-10-58(33(63)8-7-32(62)55-9-13-74-17-19-77-49-29(61)21-28(24-79-49)82-50-36(53)40(66)38(64)25(3)80-50)22-27-23-59(57-56-27)11-15-76-18-20-78-52-43(69)42(68)44(45(85-52)48(72)73)84-51-37(54)41(67)39(65)26(4)81-51;;;;;;;;3*1-5(2,3)4/h5-6,21,23-26,28-31,34-45,49-54,61,64-69H,1-4,7-20,22H2,(H,55,62)(H,72,73);;;;;;;;3*(H2,1,2,3,4)/q-6;7*+1;;;/p-4/t25?,26?,28-,29?,30-,31+,34+,35-,36?,37?,38+,39+,40+,41+,42+,43?,44-,45?,49+,50+,51+,52+;;;;;;;;;;/m0........../s1. The van der Waals surface area contributed by atoms with Crippen molar-refractivity contribution in [2.75, 3.05) is 72.5 Å². The van der Waals surface area contributed by atoms with Crippen LogP contribution in [0.2, 0.25) is 0 Å². The number of imide groups is 1. The summed E-state index contributed by atoms with van der Waals surface area (Å²) in [5.74, 6) is -5.03. The summed E-state index contributed by atoms with van der Waals surface area (Å²) in [5, 5.41) is 95.0. The number of ether oxygens (including phenoxy) is 12. The van der Waals surface area contributed by atoms with Gasteiger partial charge in [0.2, 0.25) is 54.8 Å². The van der Waals surface area contributed by atoms with E-state index >= 15 is 0 Å². The van der Waals surface area contributed by atoms with Gasteiger partial charge in [0.1, 0.15) is 49.0 Å². The molecule has 0 aromatic carbocycles. The average molecular weight is 1660 g/mol. The molecule has 576 valence electrons. The Bertz CT molecular complexity index is 3040. The molecule has 4 amide bonds. The minimum absolute atomic E-state index is 0. The molecule has 0 bridgehead atoms. The number of hydrogen-bond donors (Lipinski definition) is 11. The molecule has 7 heterocycles. The van der Waals surface area contributed by atoms with E-state index in [1.54, 1.807) is 6.20 Å². The fourth-order valence-electron chi connectivity index (χ4n) is 9.92. The van der Waals surface area contributed by atoms with Crippen molar-refractivity contribution in [3.8, 4) is 0 Å². The number of hydrogen-bond acceptors (Lipinski definition) is 36. The number of aromatic nitrogens is 3. The number of carboxylic acid groups (broad SMARTS) is 1. The second-order valence-electron chi connectivity index (χ2n) is 21.8. The Balaban J connectivity index is -0.00000219. The summed E-state index contributed by atoms with van der Waals surface area (Å²) in [6.45, 7) is 15.5. The molecule has 6 fully saturated rings. The SMILES string of the molecule is C=C[C@@H]1O[C@H](C=C)[C@@H]2C(=O)N(CCOCCN(Cc3cn(CCOCCO[C@@H]4OC(C(=O)[O-])[C@@H](O[C@H]5OC([CH2-])[C@@H](O)[C@H](O)C5[NH-])[C@H](O)C4O)nn3)C(=O)CCC(=O)NCCOCCO[C@@H]3O[CH-][C@@H](O[C@H]4OC([CH2-])[C@@H](O)[C@H](O)C4[NH-])[CH-]C3O)C(=O)[C@@H]21.O=S(=O)([O-])O.O=S(=O)([O-])O.O=S(=O)([O-])O.[Na+].[Na+].[Na+].[Na+].[Na+].[Na+].[Na+]. The molecule has 7 unspecified atom stereocenters. The molecule has 45 nitrogen and oxygen atoms in total. The summed E-state index contributed by atoms with van der Waals surface area (Å²) in [5.41, 5.74) is 16.5. The molecular weight excluding hydrogens is 1590 g/mol. The van der Waals surface area contributed by atoms with Gasteiger partial charge in [-0.1, -0.05) is 29.4 Å². The van der Waals surface area contributed by atoms with Crippen LogP contribution in [-0.4, -0.2) is 338 Å². The third-order valence-electron chi connectivity index (χ3n) is 14.6. The zero-order valence-corrected chi connectivity index (χ0v) is 75.9.